The molecule has 3 aromatic rings. The Kier molecular flexibility index (Phi) is 2.59. The van der Waals surface area contributed by atoms with E-state index in [2.05, 4.69) is 25.5 Å². The second-order valence-corrected chi connectivity index (χ2v) is 5.04. The van der Waals surface area contributed by atoms with Gasteiger partial charge in [0.1, 0.15) is 11.3 Å². The highest BCUT2D eigenvalue weighted by Gasteiger charge is 2.13. The molecule has 0 saturated heterocycles. The molecule has 0 amide bonds. The van der Waals surface area contributed by atoms with Crippen LogP contribution in [0.2, 0.25) is 0 Å². The van der Waals surface area contributed by atoms with Gasteiger partial charge in [-0.1, -0.05) is 40.2 Å². The van der Waals surface area contributed by atoms with Gasteiger partial charge in [-0.3, -0.25) is 0 Å². The number of para-hydroxylation sites is 1. The van der Waals surface area contributed by atoms with E-state index in [4.69, 9.17) is 5.73 Å². The van der Waals surface area contributed by atoms with E-state index in [0.29, 0.717) is 5.69 Å². The number of imidazole rings is 1. The fourth-order valence-electron chi connectivity index (χ4n) is 2.12. The molecule has 0 saturated carbocycles. The van der Waals surface area contributed by atoms with Crippen LogP contribution in [0.3, 0.4) is 0 Å². The van der Waals surface area contributed by atoms with E-state index >= 15 is 0 Å². The first-order chi connectivity index (χ1) is 8.68. The van der Waals surface area contributed by atoms with Crippen LogP contribution < -0.4 is 5.73 Å². The van der Waals surface area contributed by atoms with Gasteiger partial charge in [0.15, 0.2) is 0 Å². The number of nitrogens with zero attached hydrogens (tertiary/aromatic N) is 2. The van der Waals surface area contributed by atoms with Gasteiger partial charge in [-0.05, 0) is 18.2 Å². The van der Waals surface area contributed by atoms with Crippen molar-refractivity contribution >= 4 is 32.7 Å². The Morgan fingerprint density at radius 1 is 1.11 bits per heavy atom. The molecule has 0 radical (unpaired) electrons. The first-order valence-electron chi connectivity index (χ1n) is 5.64. The second-order valence-electron chi connectivity index (χ2n) is 4.19. The molecule has 0 atom stereocenters. The van der Waals surface area contributed by atoms with E-state index in [0.717, 1.165) is 26.9 Å². The molecule has 3 nitrogen and oxygen atoms in total. The van der Waals surface area contributed by atoms with Crippen LogP contribution in [0.25, 0.3) is 22.4 Å². The summed E-state index contributed by atoms with van der Waals surface area (Å²) in [5, 5.41) is 0. The molecule has 0 unspecified atom stereocenters. The Balaban J connectivity index is 2.35. The number of rotatable bonds is 1. The van der Waals surface area contributed by atoms with Crippen LogP contribution in [0.15, 0.2) is 46.9 Å². The zero-order valence-electron chi connectivity index (χ0n) is 9.89. The van der Waals surface area contributed by atoms with Crippen molar-refractivity contribution in [2.75, 3.05) is 5.73 Å². The van der Waals surface area contributed by atoms with Gasteiger partial charge in [0.2, 0.25) is 0 Å². The van der Waals surface area contributed by atoms with Gasteiger partial charge in [0, 0.05) is 17.1 Å². The molecule has 1 heterocycles. The number of hydrogen-bond acceptors (Lipinski definition) is 2. The minimum Gasteiger partial charge on any atom is -0.397 e. The van der Waals surface area contributed by atoms with Crippen LogP contribution in [0, 0.1) is 0 Å². The third-order valence-corrected chi connectivity index (χ3v) is 3.75. The lowest BCUT2D eigenvalue weighted by atomic mass is 10.2. The number of anilines is 1. The molecule has 0 aliphatic rings. The molecule has 0 bridgehead atoms. The molecular weight excluding hydrogens is 290 g/mol. The predicted octanol–water partition coefficient (Wildman–Crippen LogP) is 3.59. The molecule has 3 rings (SSSR count). The summed E-state index contributed by atoms with van der Waals surface area (Å²) in [6.45, 7) is 0. The van der Waals surface area contributed by atoms with Gasteiger partial charge < -0.3 is 10.3 Å². The lowest BCUT2D eigenvalue weighted by Gasteiger charge is -2.04. The summed E-state index contributed by atoms with van der Waals surface area (Å²) in [5.41, 5.74) is 9.64. The number of hydrogen-bond donors (Lipinski definition) is 1. The average Bonchev–Trinajstić information content (AvgIpc) is 2.70. The lowest BCUT2D eigenvalue weighted by Crippen LogP contribution is -1.92. The third-order valence-electron chi connectivity index (χ3n) is 3.06. The maximum Gasteiger partial charge on any atom is 0.142 e. The zero-order chi connectivity index (χ0) is 12.7. The molecule has 0 aliphatic heterocycles. The van der Waals surface area contributed by atoms with Crippen molar-refractivity contribution in [3.8, 4) is 11.4 Å². The maximum atomic E-state index is 5.97. The predicted molar refractivity (Wildman–Crippen MR) is 78.3 cm³/mol. The first kappa shape index (κ1) is 11.3. The van der Waals surface area contributed by atoms with Crippen molar-refractivity contribution < 1.29 is 0 Å². The van der Waals surface area contributed by atoms with Crippen LogP contribution in [0.4, 0.5) is 5.69 Å². The van der Waals surface area contributed by atoms with Crippen LogP contribution >= 0.6 is 15.9 Å². The smallest absolute Gasteiger partial charge is 0.142 e. The lowest BCUT2D eigenvalue weighted by molar-refractivity contribution is 0.958. The van der Waals surface area contributed by atoms with Crippen LogP contribution in [-0.2, 0) is 7.05 Å². The van der Waals surface area contributed by atoms with Crippen molar-refractivity contribution in [2.45, 2.75) is 0 Å². The summed E-state index contributed by atoms with van der Waals surface area (Å²) in [7, 11) is 2.00. The maximum absolute atomic E-state index is 5.97. The topological polar surface area (TPSA) is 43.8 Å². The van der Waals surface area contributed by atoms with Crippen molar-refractivity contribution in [3.63, 3.8) is 0 Å². The molecular formula is C14H12BrN3. The molecule has 2 N–H and O–H groups in total. The fraction of sp³-hybridized carbons (Fsp3) is 0.0714. The summed E-state index contributed by atoms with van der Waals surface area (Å²) in [5.74, 6) is 0.912. The first-order valence-corrected chi connectivity index (χ1v) is 6.43. The van der Waals surface area contributed by atoms with Crippen molar-refractivity contribution in [2.24, 2.45) is 7.05 Å². The largest absolute Gasteiger partial charge is 0.397 e. The standard InChI is InChI=1S/C14H12BrN3/c1-18-12-8-4-7-11(16)13(12)17-14(18)9-5-2-3-6-10(9)15/h2-8H,16H2,1H3. The third kappa shape index (κ3) is 1.61. The highest BCUT2D eigenvalue weighted by molar-refractivity contribution is 9.10. The Morgan fingerprint density at radius 2 is 1.89 bits per heavy atom. The molecule has 18 heavy (non-hydrogen) atoms. The second kappa shape index (κ2) is 4.14. The van der Waals surface area contributed by atoms with E-state index in [-0.39, 0.29) is 0 Å². The minimum absolute atomic E-state index is 0.710. The van der Waals surface area contributed by atoms with Gasteiger partial charge in [-0.25, -0.2) is 4.98 Å². The Hall–Kier alpha value is -1.81. The Morgan fingerprint density at radius 3 is 2.61 bits per heavy atom. The van der Waals surface area contributed by atoms with Crippen LogP contribution in [-0.4, -0.2) is 9.55 Å². The molecule has 90 valence electrons. The molecule has 2 aromatic carbocycles. The van der Waals surface area contributed by atoms with E-state index in [1.54, 1.807) is 0 Å². The Bertz CT molecular complexity index is 731. The van der Waals surface area contributed by atoms with E-state index in [1.807, 2.05) is 49.5 Å². The summed E-state index contributed by atoms with van der Waals surface area (Å²) in [6, 6.07) is 13.9. The number of halogens is 1. The van der Waals surface area contributed by atoms with Crippen molar-refractivity contribution in [1.82, 2.24) is 9.55 Å². The van der Waals surface area contributed by atoms with E-state index < -0.39 is 0 Å². The molecule has 4 heteroatoms. The molecule has 0 aliphatic carbocycles. The molecule has 0 fully saturated rings. The van der Waals surface area contributed by atoms with E-state index in [9.17, 15) is 0 Å². The number of aromatic nitrogens is 2. The van der Waals surface area contributed by atoms with Gasteiger partial charge in [0.25, 0.3) is 0 Å². The number of nitrogen functional groups attached to an aromatic ring is 1. The summed E-state index contributed by atoms with van der Waals surface area (Å²) in [4.78, 5) is 4.65. The van der Waals surface area contributed by atoms with Gasteiger partial charge >= 0.3 is 0 Å². The number of nitrogens with two attached hydrogens (primary N) is 1. The van der Waals surface area contributed by atoms with Gasteiger partial charge in [-0.2, -0.15) is 0 Å². The minimum atomic E-state index is 0.710. The quantitative estimate of drug-likeness (QED) is 0.698. The molecule has 0 spiro atoms. The van der Waals surface area contributed by atoms with Crippen LogP contribution in [0.1, 0.15) is 0 Å². The fourth-order valence-corrected chi connectivity index (χ4v) is 2.58. The van der Waals surface area contributed by atoms with Crippen molar-refractivity contribution in [1.29, 1.82) is 0 Å². The summed E-state index contributed by atoms with van der Waals surface area (Å²) in [6.07, 6.45) is 0. The monoisotopic (exact) mass is 301 g/mol. The van der Waals surface area contributed by atoms with Gasteiger partial charge in [-0.15, -0.1) is 0 Å². The normalized spacial score (nSPS) is 11.0. The molecule has 1 aromatic heterocycles. The zero-order valence-corrected chi connectivity index (χ0v) is 11.5. The summed E-state index contributed by atoms with van der Waals surface area (Å²) < 4.78 is 3.09. The van der Waals surface area contributed by atoms with Crippen molar-refractivity contribution in [3.05, 3.63) is 46.9 Å². The number of fused-ring (bicyclic) bond motifs is 1. The highest BCUT2D eigenvalue weighted by Crippen LogP contribution is 2.31. The van der Waals surface area contributed by atoms with Crippen LogP contribution in [0.5, 0.6) is 0 Å². The number of benzene rings is 2. The van der Waals surface area contributed by atoms with Gasteiger partial charge in [0.05, 0.1) is 11.2 Å². The SMILES string of the molecule is Cn1c(-c2ccccc2Br)nc2c(N)cccc21. The number of aryl methyl sites for hydroxylation is 1. The average molecular weight is 302 g/mol. The Labute approximate surface area is 113 Å². The van der Waals surface area contributed by atoms with E-state index in [1.165, 1.54) is 0 Å². The summed E-state index contributed by atoms with van der Waals surface area (Å²) >= 11 is 3.56. The highest BCUT2D eigenvalue weighted by atomic mass is 79.9.